The smallest absolute Gasteiger partial charge is 0.256 e. The van der Waals surface area contributed by atoms with Crippen molar-refractivity contribution in [1.29, 1.82) is 0 Å². The first-order chi connectivity index (χ1) is 8.56. The molecule has 1 heterocycles. The summed E-state index contributed by atoms with van der Waals surface area (Å²) in [6.45, 7) is 0. The average molecular weight is 286 g/mol. The minimum absolute atomic E-state index is 0.121. The summed E-state index contributed by atoms with van der Waals surface area (Å²) in [5.41, 5.74) is 0.221. The van der Waals surface area contributed by atoms with Gasteiger partial charge in [0.25, 0.3) is 5.91 Å². The maximum absolute atomic E-state index is 12.9. The van der Waals surface area contributed by atoms with E-state index in [1.807, 2.05) is 0 Å². The second-order valence-electron chi connectivity index (χ2n) is 3.31. The standard InChI is InChI=1S/C11H6Cl2FN3O/c12-7-3-6(1-2-8(7)14)11(18)17-10-5-15-9(13)4-16-10/h1-5H,(H,16,17,18). The molecule has 0 fully saturated rings. The molecule has 0 spiro atoms. The number of nitrogens with one attached hydrogen (secondary N) is 1. The maximum atomic E-state index is 12.9. The molecule has 0 saturated heterocycles. The van der Waals surface area contributed by atoms with Gasteiger partial charge in [-0.05, 0) is 18.2 Å². The normalized spacial score (nSPS) is 10.2. The highest BCUT2D eigenvalue weighted by atomic mass is 35.5. The number of aromatic nitrogens is 2. The summed E-state index contributed by atoms with van der Waals surface area (Å²) in [7, 11) is 0. The molecule has 7 heteroatoms. The largest absolute Gasteiger partial charge is 0.305 e. The molecule has 0 aliphatic carbocycles. The summed E-state index contributed by atoms with van der Waals surface area (Å²) in [4.78, 5) is 19.4. The van der Waals surface area contributed by atoms with Crippen molar-refractivity contribution in [3.8, 4) is 0 Å². The monoisotopic (exact) mass is 285 g/mol. The highest BCUT2D eigenvalue weighted by Crippen LogP contribution is 2.17. The molecule has 1 aromatic heterocycles. The van der Waals surface area contributed by atoms with E-state index in [-0.39, 0.29) is 21.6 Å². The number of anilines is 1. The molecule has 0 aliphatic heterocycles. The number of hydrogen-bond donors (Lipinski definition) is 1. The summed E-state index contributed by atoms with van der Waals surface area (Å²) in [5, 5.41) is 2.58. The van der Waals surface area contributed by atoms with Crippen LogP contribution in [-0.2, 0) is 0 Å². The molecule has 0 atom stereocenters. The van der Waals surface area contributed by atoms with Gasteiger partial charge in [-0.3, -0.25) is 4.79 Å². The van der Waals surface area contributed by atoms with E-state index < -0.39 is 11.7 Å². The van der Waals surface area contributed by atoms with Crippen LogP contribution >= 0.6 is 23.2 Å². The van der Waals surface area contributed by atoms with Gasteiger partial charge >= 0.3 is 0 Å². The van der Waals surface area contributed by atoms with Gasteiger partial charge in [0.2, 0.25) is 0 Å². The lowest BCUT2D eigenvalue weighted by molar-refractivity contribution is 0.102. The summed E-state index contributed by atoms with van der Waals surface area (Å²) >= 11 is 11.1. The Balaban J connectivity index is 2.16. The van der Waals surface area contributed by atoms with Crippen LogP contribution in [0.4, 0.5) is 10.2 Å². The highest BCUT2D eigenvalue weighted by molar-refractivity contribution is 6.31. The number of halogens is 3. The van der Waals surface area contributed by atoms with Gasteiger partial charge in [-0.1, -0.05) is 23.2 Å². The zero-order valence-electron chi connectivity index (χ0n) is 8.82. The van der Waals surface area contributed by atoms with Crippen molar-refractivity contribution in [2.75, 3.05) is 5.32 Å². The molecular weight excluding hydrogens is 280 g/mol. The molecule has 0 saturated carbocycles. The number of carbonyl (C=O) groups excluding carboxylic acids is 1. The molecule has 4 nitrogen and oxygen atoms in total. The summed E-state index contributed by atoms with van der Waals surface area (Å²) < 4.78 is 12.9. The van der Waals surface area contributed by atoms with Gasteiger partial charge in [0, 0.05) is 5.56 Å². The molecule has 1 N–H and O–H groups in total. The van der Waals surface area contributed by atoms with Gasteiger partial charge in [0.15, 0.2) is 5.82 Å². The van der Waals surface area contributed by atoms with Crippen molar-refractivity contribution >= 4 is 34.9 Å². The zero-order valence-corrected chi connectivity index (χ0v) is 10.3. The van der Waals surface area contributed by atoms with Crippen molar-refractivity contribution in [1.82, 2.24) is 9.97 Å². The van der Waals surface area contributed by atoms with E-state index in [1.165, 1.54) is 24.5 Å². The van der Waals surface area contributed by atoms with Crippen molar-refractivity contribution < 1.29 is 9.18 Å². The van der Waals surface area contributed by atoms with Crippen LogP contribution in [0.25, 0.3) is 0 Å². The van der Waals surface area contributed by atoms with Gasteiger partial charge in [-0.25, -0.2) is 14.4 Å². The molecule has 0 aliphatic rings. The molecule has 92 valence electrons. The van der Waals surface area contributed by atoms with E-state index >= 15 is 0 Å². The first kappa shape index (κ1) is 12.7. The van der Waals surface area contributed by atoms with Crippen LogP contribution in [0.5, 0.6) is 0 Å². The lowest BCUT2D eigenvalue weighted by Crippen LogP contribution is -2.13. The van der Waals surface area contributed by atoms with E-state index in [2.05, 4.69) is 15.3 Å². The first-order valence-corrected chi connectivity index (χ1v) is 5.56. The van der Waals surface area contributed by atoms with Crippen molar-refractivity contribution in [3.05, 3.63) is 52.1 Å². The van der Waals surface area contributed by atoms with Crippen LogP contribution in [0.15, 0.2) is 30.6 Å². The Bertz CT molecular complexity index is 589. The second kappa shape index (κ2) is 5.29. The zero-order chi connectivity index (χ0) is 13.1. The lowest BCUT2D eigenvalue weighted by atomic mass is 10.2. The average Bonchev–Trinajstić information content (AvgIpc) is 2.35. The molecule has 18 heavy (non-hydrogen) atoms. The van der Waals surface area contributed by atoms with E-state index in [1.54, 1.807) is 0 Å². The van der Waals surface area contributed by atoms with Crippen LogP contribution < -0.4 is 5.32 Å². The number of rotatable bonds is 2. The number of amides is 1. The molecule has 1 aromatic carbocycles. The summed E-state index contributed by atoms with van der Waals surface area (Å²) in [6, 6.07) is 3.67. The van der Waals surface area contributed by atoms with Gasteiger partial charge in [0.1, 0.15) is 11.0 Å². The Hall–Kier alpha value is -1.72. The van der Waals surface area contributed by atoms with Crippen LogP contribution in [0.2, 0.25) is 10.2 Å². The number of hydrogen-bond acceptors (Lipinski definition) is 3. The Morgan fingerprint density at radius 2 is 2.00 bits per heavy atom. The lowest BCUT2D eigenvalue weighted by Gasteiger charge is -2.04. The SMILES string of the molecule is O=C(Nc1cnc(Cl)cn1)c1ccc(F)c(Cl)c1. The van der Waals surface area contributed by atoms with E-state index in [4.69, 9.17) is 23.2 Å². The van der Waals surface area contributed by atoms with E-state index in [9.17, 15) is 9.18 Å². The van der Waals surface area contributed by atoms with Crippen molar-refractivity contribution in [2.24, 2.45) is 0 Å². The third kappa shape index (κ3) is 2.94. The predicted octanol–water partition coefficient (Wildman–Crippen LogP) is 3.17. The summed E-state index contributed by atoms with van der Waals surface area (Å²) in [6.07, 6.45) is 2.61. The van der Waals surface area contributed by atoms with Crippen LogP contribution in [0, 0.1) is 5.82 Å². The Morgan fingerprint density at radius 1 is 1.22 bits per heavy atom. The fourth-order valence-electron chi connectivity index (χ4n) is 1.20. The van der Waals surface area contributed by atoms with Crippen molar-refractivity contribution in [2.45, 2.75) is 0 Å². The molecule has 2 rings (SSSR count). The van der Waals surface area contributed by atoms with E-state index in [0.29, 0.717) is 0 Å². The van der Waals surface area contributed by atoms with Crippen LogP contribution in [0.3, 0.4) is 0 Å². The molecular formula is C11H6Cl2FN3O. The van der Waals surface area contributed by atoms with Crippen molar-refractivity contribution in [3.63, 3.8) is 0 Å². The predicted molar refractivity (Wildman–Crippen MR) is 66.4 cm³/mol. The molecule has 0 bridgehead atoms. The molecule has 2 aromatic rings. The van der Waals surface area contributed by atoms with Gasteiger partial charge in [0.05, 0.1) is 17.4 Å². The number of nitrogens with zero attached hydrogens (tertiary/aromatic N) is 2. The third-order valence-corrected chi connectivity index (χ3v) is 2.53. The topological polar surface area (TPSA) is 54.9 Å². The van der Waals surface area contributed by atoms with Crippen LogP contribution in [-0.4, -0.2) is 15.9 Å². The summed E-state index contributed by atoms with van der Waals surface area (Å²) in [5.74, 6) is -0.808. The molecule has 0 unspecified atom stereocenters. The molecule has 0 radical (unpaired) electrons. The Morgan fingerprint density at radius 3 is 2.61 bits per heavy atom. The fourth-order valence-corrected chi connectivity index (χ4v) is 1.48. The fraction of sp³-hybridized carbons (Fsp3) is 0. The number of benzene rings is 1. The van der Waals surface area contributed by atoms with Gasteiger partial charge in [-0.2, -0.15) is 0 Å². The first-order valence-electron chi connectivity index (χ1n) is 4.80. The maximum Gasteiger partial charge on any atom is 0.256 e. The second-order valence-corrected chi connectivity index (χ2v) is 4.10. The minimum Gasteiger partial charge on any atom is -0.305 e. The molecule has 1 amide bonds. The Labute approximate surface area is 112 Å². The highest BCUT2D eigenvalue weighted by Gasteiger charge is 2.09. The van der Waals surface area contributed by atoms with Gasteiger partial charge in [-0.15, -0.1) is 0 Å². The minimum atomic E-state index is -0.584. The number of carbonyl (C=O) groups is 1. The van der Waals surface area contributed by atoms with E-state index in [0.717, 1.165) is 6.07 Å². The Kier molecular flexibility index (Phi) is 3.74. The van der Waals surface area contributed by atoms with Crippen LogP contribution in [0.1, 0.15) is 10.4 Å². The van der Waals surface area contributed by atoms with Gasteiger partial charge < -0.3 is 5.32 Å². The third-order valence-electron chi connectivity index (χ3n) is 2.04. The quantitative estimate of drug-likeness (QED) is 0.922.